The zero-order chi connectivity index (χ0) is 22.0. The van der Waals surface area contributed by atoms with Gasteiger partial charge in [-0.2, -0.15) is 0 Å². The number of hydrogen-bond acceptors (Lipinski definition) is 7. The molecule has 0 spiro atoms. The van der Waals surface area contributed by atoms with E-state index in [9.17, 15) is 9.18 Å². The Morgan fingerprint density at radius 3 is 2.55 bits per heavy atom. The maximum absolute atomic E-state index is 14.4. The Balaban J connectivity index is 1.40. The number of aromatic nitrogens is 2. The van der Waals surface area contributed by atoms with Gasteiger partial charge in [0.05, 0.1) is 10.6 Å². The summed E-state index contributed by atoms with van der Waals surface area (Å²) in [5.41, 5.74) is 0.662. The van der Waals surface area contributed by atoms with E-state index >= 15 is 0 Å². The number of carbonyl (C=O) groups excluding carboxylic acids is 1. The van der Waals surface area contributed by atoms with Crippen molar-refractivity contribution in [3.05, 3.63) is 58.9 Å². The number of halogens is 2. The minimum Gasteiger partial charge on any atom is -0.345 e. The molecule has 6 nitrogen and oxygen atoms in total. The van der Waals surface area contributed by atoms with E-state index in [1.807, 2.05) is 24.3 Å². The van der Waals surface area contributed by atoms with Crippen LogP contribution in [-0.4, -0.2) is 65.6 Å². The largest absolute Gasteiger partial charge is 0.345 e. The molecule has 0 radical (unpaired) electrons. The number of anilines is 1. The summed E-state index contributed by atoms with van der Waals surface area (Å²) in [7, 11) is 3.19. The van der Waals surface area contributed by atoms with Crippen molar-refractivity contribution in [2.45, 2.75) is 4.90 Å². The van der Waals surface area contributed by atoms with Crippen LogP contribution in [0.3, 0.4) is 0 Å². The second-order valence-corrected chi connectivity index (χ2v) is 9.72. The molecule has 1 saturated heterocycles. The third-order valence-electron chi connectivity index (χ3n) is 4.84. The van der Waals surface area contributed by atoms with Crippen LogP contribution in [-0.2, 0) is 0 Å². The summed E-state index contributed by atoms with van der Waals surface area (Å²) in [6.07, 6.45) is 0. The lowest BCUT2D eigenvalue weighted by Gasteiger charge is -2.33. The highest BCUT2D eigenvalue weighted by atomic mass is 35.5. The predicted molar refractivity (Wildman–Crippen MR) is 124 cm³/mol. The molecular weight excluding hydrogens is 457 g/mol. The molecule has 162 valence electrons. The quantitative estimate of drug-likeness (QED) is 0.503. The van der Waals surface area contributed by atoms with E-state index in [1.54, 1.807) is 32.1 Å². The molecule has 10 heteroatoms. The molecule has 31 heavy (non-hydrogen) atoms. The van der Waals surface area contributed by atoms with E-state index in [4.69, 9.17) is 11.6 Å². The van der Waals surface area contributed by atoms with Crippen LogP contribution in [0.5, 0.6) is 0 Å². The van der Waals surface area contributed by atoms with Gasteiger partial charge in [0.1, 0.15) is 10.8 Å². The average Bonchev–Trinajstić information content (AvgIpc) is 3.25. The van der Waals surface area contributed by atoms with Crippen molar-refractivity contribution >= 4 is 45.9 Å². The van der Waals surface area contributed by atoms with Crippen LogP contribution in [0.15, 0.2) is 47.4 Å². The first kappa shape index (κ1) is 22.0. The van der Waals surface area contributed by atoms with Crippen LogP contribution in [0.25, 0.3) is 10.6 Å². The number of piperazine rings is 1. The highest BCUT2D eigenvalue weighted by Crippen LogP contribution is 2.33. The minimum absolute atomic E-state index is 0.0469. The Kier molecular flexibility index (Phi) is 6.76. The van der Waals surface area contributed by atoms with Crippen LogP contribution in [0.2, 0.25) is 5.02 Å². The predicted octanol–water partition coefficient (Wildman–Crippen LogP) is 4.53. The summed E-state index contributed by atoms with van der Waals surface area (Å²) in [5.74, 6) is -0.923. The molecule has 0 unspecified atom stereocenters. The van der Waals surface area contributed by atoms with Gasteiger partial charge in [-0.05, 0) is 36.2 Å². The summed E-state index contributed by atoms with van der Waals surface area (Å²) in [4.78, 5) is 16.6. The molecule has 1 aromatic heterocycles. The fourth-order valence-electron chi connectivity index (χ4n) is 3.15. The van der Waals surface area contributed by atoms with E-state index in [-0.39, 0.29) is 11.5 Å². The SMILES string of the molecule is CN(C)C(=O)c1ccc(-c2nnc(N3CCN(Sc4ccccc4Cl)CC3)s2)cc1F. The Morgan fingerprint density at radius 1 is 1.13 bits per heavy atom. The number of hydrogen-bond donors (Lipinski definition) is 0. The first-order valence-corrected chi connectivity index (χ1v) is 11.7. The zero-order valence-electron chi connectivity index (χ0n) is 17.1. The van der Waals surface area contributed by atoms with Gasteiger partial charge in [0.2, 0.25) is 5.13 Å². The molecule has 0 aliphatic carbocycles. The number of carbonyl (C=O) groups is 1. The van der Waals surface area contributed by atoms with Crippen LogP contribution < -0.4 is 4.90 Å². The van der Waals surface area contributed by atoms with Crippen LogP contribution in [0, 0.1) is 5.82 Å². The van der Waals surface area contributed by atoms with E-state index in [0.29, 0.717) is 10.6 Å². The van der Waals surface area contributed by atoms with Crippen molar-refractivity contribution in [3.63, 3.8) is 0 Å². The van der Waals surface area contributed by atoms with Crippen molar-refractivity contribution in [2.75, 3.05) is 45.2 Å². The maximum Gasteiger partial charge on any atom is 0.256 e. The molecule has 0 saturated carbocycles. The van der Waals surface area contributed by atoms with Crippen LogP contribution in [0.4, 0.5) is 9.52 Å². The molecule has 2 heterocycles. The molecule has 1 aliphatic rings. The van der Waals surface area contributed by atoms with E-state index < -0.39 is 5.82 Å². The molecule has 3 aromatic rings. The number of nitrogens with zero attached hydrogens (tertiary/aromatic N) is 5. The fourth-order valence-corrected chi connectivity index (χ4v) is 5.20. The lowest BCUT2D eigenvalue weighted by Crippen LogP contribution is -2.43. The van der Waals surface area contributed by atoms with Gasteiger partial charge < -0.3 is 9.80 Å². The standard InChI is InChI=1S/C21H21ClFN5OS2/c1-26(2)20(29)15-8-7-14(13-17(15)23)19-24-25-21(30-19)27-9-11-28(12-10-27)31-18-6-4-3-5-16(18)22/h3-8,13H,9-12H2,1-2H3. The second-order valence-electron chi connectivity index (χ2n) is 7.22. The first-order chi connectivity index (χ1) is 14.9. The lowest BCUT2D eigenvalue weighted by molar-refractivity contribution is 0.0823. The first-order valence-electron chi connectivity index (χ1n) is 9.70. The lowest BCUT2D eigenvalue weighted by atomic mass is 10.1. The smallest absolute Gasteiger partial charge is 0.256 e. The Labute approximate surface area is 193 Å². The minimum atomic E-state index is -0.557. The molecule has 1 fully saturated rings. The van der Waals surface area contributed by atoms with E-state index in [0.717, 1.165) is 41.2 Å². The molecule has 2 aromatic carbocycles. The highest BCUT2D eigenvalue weighted by molar-refractivity contribution is 7.97. The topological polar surface area (TPSA) is 52.6 Å². The summed E-state index contributed by atoms with van der Waals surface area (Å²) in [6, 6.07) is 12.4. The molecule has 1 amide bonds. The Bertz CT molecular complexity index is 1090. The third kappa shape index (κ3) is 5.01. The van der Waals surface area contributed by atoms with Gasteiger partial charge in [-0.15, -0.1) is 10.2 Å². The van der Waals surface area contributed by atoms with Crippen molar-refractivity contribution in [1.29, 1.82) is 0 Å². The number of rotatable bonds is 5. The second kappa shape index (κ2) is 9.52. The van der Waals surface area contributed by atoms with Gasteiger partial charge in [0, 0.05) is 50.7 Å². The van der Waals surface area contributed by atoms with E-state index in [1.165, 1.54) is 28.4 Å². The summed E-state index contributed by atoms with van der Waals surface area (Å²) >= 11 is 9.35. The molecule has 0 bridgehead atoms. The van der Waals surface area contributed by atoms with Crippen LogP contribution >= 0.6 is 34.9 Å². The van der Waals surface area contributed by atoms with Crippen molar-refractivity contribution in [3.8, 4) is 10.6 Å². The monoisotopic (exact) mass is 477 g/mol. The Morgan fingerprint density at radius 2 is 1.87 bits per heavy atom. The van der Waals surface area contributed by atoms with Gasteiger partial charge in [-0.1, -0.05) is 41.1 Å². The van der Waals surface area contributed by atoms with Crippen molar-refractivity contribution < 1.29 is 9.18 Å². The maximum atomic E-state index is 14.4. The zero-order valence-corrected chi connectivity index (χ0v) is 19.5. The fraction of sp³-hybridized carbons (Fsp3) is 0.286. The van der Waals surface area contributed by atoms with Crippen molar-refractivity contribution in [2.24, 2.45) is 0 Å². The summed E-state index contributed by atoms with van der Waals surface area (Å²) in [6.45, 7) is 3.36. The summed E-state index contributed by atoms with van der Waals surface area (Å²) in [5, 5.41) is 10.7. The molecule has 1 aliphatic heterocycles. The molecule has 0 atom stereocenters. The Hall–Kier alpha value is -2.20. The number of benzene rings is 2. The highest BCUT2D eigenvalue weighted by Gasteiger charge is 2.22. The molecular formula is C21H21ClFN5OS2. The molecule has 4 rings (SSSR count). The van der Waals surface area contributed by atoms with Gasteiger partial charge in [0.15, 0.2) is 0 Å². The van der Waals surface area contributed by atoms with Gasteiger partial charge in [-0.25, -0.2) is 8.70 Å². The van der Waals surface area contributed by atoms with Gasteiger partial charge >= 0.3 is 0 Å². The normalized spacial score (nSPS) is 14.6. The van der Waals surface area contributed by atoms with E-state index in [2.05, 4.69) is 19.4 Å². The summed E-state index contributed by atoms with van der Waals surface area (Å²) < 4.78 is 16.7. The average molecular weight is 478 g/mol. The third-order valence-corrected chi connectivity index (χ3v) is 7.49. The molecule has 0 N–H and O–H groups in total. The number of amides is 1. The van der Waals surface area contributed by atoms with Gasteiger partial charge in [-0.3, -0.25) is 4.79 Å². The van der Waals surface area contributed by atoms with Crippen LogP contribution in [0.1, 0.15) is 10.4 Å². The van der Waals surface area contributed by atoms with Crippen molar-refractivity contribution in [1.82, 2.24) is 19.4 Å². The van der Waals surface area contributed by atoms with Gasteiger partial charge in [0.25, 0.3) is 5.91 Å².